The Hall–Kier alpha value is -1.16. The summed E-state index contributed by atoms with van der Waals surface area (Å²) in [6.07, 6.45) is 2.07. The normalized spacial score (nSPS) is 20.4. The predicted molar refractivity (Wildman–Crippen MR) is 66.0 cm³/mol. The van der Waals surface area contributed by atoms with Crippen LogP contribution in [0.1, 0.15) is 37.2 Å². The van der Waals surface area contributed by atoms with Gasteiger partial charge in [0.05, 0.1) is 5.69 Å². The standard InChI is InChI=1S/C12H16ClN3O/c1-8-14-11(6-12(13)15-8)10-4-3-5-16(7-10)9(2)17/h6,10H,3-5,7H2,1-2H3/t10-/m1/s1. The highest BCUT2D eigenvalue weighted by Crippen LogP contribution is 2.26. The number of rotatable bonds is 1. The molecule has 0 radical (unpaired) electrons. The number of aromatic nitrogens is 2. The Labute approximate surface area is 106 Å². The Bertz CT molecular complexity index is 416. The zero-order chi connectivity index (χ0) is 12.4. The second-order valence-corrected chi connectivity index (χ2v) is 4.85. The molecule has 1 atom stereocenters. The number of hydrogen-bond acceptors (Lipinski definition) is 3. The fraction of sp³-hybridized carbons (Fsp3) is 0.583. The summed E-state index contributed by atoms with van der Waals surface area (Å²) in [4.78, 5) is 21.7. The van der Waals surface area contributed by atoms with Crippen LogP contribution in [0.15, 0.2) is 6.07 Å². The van der Waals surface area contributed by atoms with Crippen LogP contribution in [0, 0.1) is 6.92 Å². The van der Waals surface area contributed by atoms with Gasteiger partial charge in [-0.2, -0.15) is 0 Å². The first-order chi connectivity index (χ1) is 8.06. The van der Waals surface area contributed by atoms with Crippen molar-refractivity contribution in [2.45, 2.75) is 32.6 Å². The third-order valence-corrected chi connectivity index (χ3v) is 3.31. The van der Waals surface area contributed by atoms with Gasteiger partial charge in [0.1, 0.15) is 11.0 Å². The first kappa shape index (κ1) is 12.3. The summed E-state index contributed by atoms with van der Waals surface area (Å²) >= 11 is 5.94. The summed E-state index contributed by atoms with van der Waals surface area (Å²) < 4.78 is 0. The molecule has 5 heteroatoms. The van der Waals surface area contributed by atoms with E-state index in [1.807, 2.05) is 17.9 Å². The molecule has 0 unspecified atom stereocenters. The lowest BCUT2D eigenvalue weighted by Gasteiger charge is -2.31. The van der Waals surface area contributed by atoms with E-state index in [1.54, 1.807) is 6.92 Å². The van der Waals surface area contributed by atoms with Gasteiger partial charge in [-0.05, 0) is 25.8 Å². The number of carbonyl (C=O) groups excluding carboxylic acids is 1. The Morgan fingerprint density at radius 3 is 2.94 bits per heavy atom. The van der Waals surface area contributed by atoms with Gasteiger partial charge in [0.2, 0.25) is 5.91 Å². The highest BCUT2D eigenvalue weighted by molar-refractivity contribution is 6.29. The molecule has 0 aromatic carbocycles. The predicted octanol–water partition coefficient (Wildman–Crippen LogP) is 2.16. The van der Waals surface area contributed by atoms with Crippen molar-refractivity contribution in [2.24, 2.45) is 0 Å². The highest BCUT2D eigenvalue weighted by Gasteiger charge is 2.24. The van der Waals surface area contributed by atoms with E-state index in [0.29, 0.717) is 11.0 Å². The number of nitrogens with zero attached hydrogens (tertiary/aromatic N) is 3. The van der Waals surface area contributed by atoms with E-state index in [0.717, 1.165) is 31.6 Å². The summed E-state index contributed by atoms with van der Waals surface area (Å²) in [5, 5.41) is 0.479. The molecule has 2 heterocycles. The van der Waals surface area contributed by atoms with Crippen molar-refractivity contribution in [3.05, 3.63) is 22.7 Å². The van der Waals surface area contributed by atoms with Crippen LogP contribution in [0.25, 0.3) is 0 Å². The monoisotopic (exact) mass is 253 g/mol. The van der Waals surface area contributed by atoms with Crippen molar-refractivity contribution in [1.29, 1.82) is 0 Å². The van der Waals surface area contributed by atoms with E-state index in [2.05, 4.69) is 9.97 Å². The minimum atomic E-state index is 0.131. The number of halogens is 1. The van der Waals surface area contributed by atoms with Crippen LogP contribution < -0.4 is 0 Å². The van der Waals surface area contributed by atoms with Crippen molar-refractivity contribution < 1.29 is 4.79 Å². The van der Waals surface area contributed by atoms with Crippen LogP contribution in [-0.4, -0.2) is 33.9 Å². The second kappa shape index (κ2) is 5.00. The number of amides is 1. The van der Waals surface area contributed by atoms with E-state index in [9.17, 15) is 4.79 Å². The van der Waals surface area contributed by atoms with Crippen molar-refractivity contribution in [3.8, 4) is 0 Å². The van der Waals surface area contributed by atoms with E-state index in [-0.39, 0.29) is 11.8 Å². The molecule has 1 aromatic heterocycles. The number of carbonyl (C=O) groups is 1. The van der Waals surface area contributed by atoms with Gasteiger partial charge >= 0.3 is 0 Å². The third-order valence-electron chi connectivity index (χ3n) is 3.11. The Kier molecular flexibility index (Phi) is 3.62. The summed E-state index contributed by atoms with van der Waals surface area (Å²) in [7, 11) is 0. The lowest BCUT2D eigenvalue weighted by molar-refractivity contribution is -0.130. The van der Waals surface area contributed by atoms with E-state index < -0.39 is 0 Å². The van der Waals surface area contributed by atoms with Gasteiger partial charge in [0, 0.05) is 25.9 Å². The zero-order valence-corrected chi connectivity index (χ0v) is 10.9. The first-order valence-electron chi connectivity index (χ1n) is 5.83. The first-order valence-corrected chi connectivity index (χ1v) is 6.20. The molecule has 0 saturated carbocycles. The summed E-state index contributed by atoms with van der Waals surface area (Å²) in [5.74, 6) is 1.10. The van der Waals surface area contributed by atoms with Crippen LogP contribution in [-0.2, 0) is 4.79 Å². The molecular formula is C12H16ClN3O. The fourth-order valence-electron chi connectivity index (χ4n) is 2.27. The van der Waals surface area contributed by atoms with E-state index in [4.69, 9.17) is 11.6 Å². The van der Waals surface area contributed by atoms with Crippen molar-refractivity contribution in [2.75, 3.05) is 13.1 Å². The molecule has 1 aliphatic heterocycles. The Morgan fingerprint density at radius 1 is 1.53 bits per heavy atom. The SMILES string of the molecule is CC(=O)N1CCC[C@@H](c2cc(Cl)nc(C)n2)C1. The average Bonchev–Trinajstić information content (AvgIpc) is 2.28. The molecule has 1 amide bonds. The van der Waals surface area contributed by atoms with Crippen molar-refractivity contribution in [1.82, 2.24) is 14.9 Å². The van der Waals surface area contributed by atoms with Gasteiger partial charge in [-0.3, -0.25) is 4.79 Å². The largest absolute Gasteiger partial charge is 0.342 e. The molecule has 0 bridgehead atoms. The molecule has 2 rings (SSSR count). The molecule has 0 spiro atoms. The number of likely N-dealkylation sites (tertiary alicyclic amines) is 1. The molecule has 92 valence electrons. The minimum Gasteiger partial charge on any atom is -0.342 e. The van der Waals surface area contributed by atoms with Gasteiger partial charge in [0.25, 0.3) is 0 Å². The molecule has 0 aliphatic carbocycles. The lowest BCUT2D eigenvalue weighted by atomic mass is 9.94. The van der Waals surface area contributed by atoms with Gasteiger partial charge in [-0.15, -0.1) is 0 Å². The molecule has 1 aromatic rings. The van der Waals surface area contributed by atoms with Crippen LogP contribution in [0.3, 0.4) is 0 Å². The fourth-order valence-corrected chi connectivity index (χ4v) is 2.50. The van der Waals surface area contributed by atoms with E-state index in [1.165, 1.54) is 0 Å². The maximum Gasteiger partial charge on any atom is 0.219 e. The molecule has 17 heavy (non-hydrogen) atoms. The third kappa shape index (κ3) is 2.94. The molecule has 0 N–H and O–H groups in total. The smallest absolute Gasteiger partial charge is 0.219 e. The quantitative estimate of drug-likeness (QED) is 0.721. The van der Waals surface area contributed by atoms with Gasteiger partial charge < -0.3 is 4.90 Å². The van der Waals surface area contributed by atoms with Crippen LogP contribution in [0.5, 0.6) is 0 Å². The van der Waals surface area contributed by atoms with Gasteiger partial charge in [0.15, 0.2) is 0 Å². The van der Waals surface area contributed by atoms with Crippen molar-refractivity contribution >= 4 is 17.5 Å². The molecule has 4 nitrogen and oxygen atoms in total. The summed E-state index contributed by atoms with van der Waals surface area (Å²) in [6.45, 7) is 5.04. The molecule has 1 aliphatic rings. The number of piperidine rings is 1. The average molecular weight is 254 g/mol. The lowest BCUT2D eigenvalue weighted by Crippen LogP contribution is -2.37. The highest BCUT2D eigenvalue weighted by atomic mass is 35.5. The Balaban J connectivity index is 2.18. The van der Waals surface area contributed by atoms with Gasteiger partial charge in [-0.1, -0.05) is 11.6 Å². The zero-order valence-electron chi connectivity index (χ0n) is 10.1. The number of hydrogen-bond donors (Lipinski definition) is 0. The van der Waals surface area contributed by atoms with Gasteiger partial charge in [-0.25, -0.2) is 9.97 Å². The maximum atomic E-state index is 11.4. The molecular weight excluding hydrogens is 238 g/mol. The van der Waals surface area contributed by atoms with Crippen LogP contribution >= 0.6 is 11.6 Å². The molecule has 1 fully saturated rings. The van der Waals surface area contributed by atoms with Crippen LogP contribution in [0.4, 0.5) is 0 Å². The summed E-state index contributed by atoms with van der Waals surface area (Å²) in [5.41, 5.74) is 0.952. The topological polar surface area (TPSA) is 46.1 Å². The van der Waals surface area contributed by atoms with Crippen molar-refractivity contribution in [3.63, 3.8) is 0 Å². The van der Waals surface area contributed by atoms with Crippen LogP contribution in [0.2, 0.25) is 5.15 Å². The second-order valence-electron chi connectivity index (χ2n) is 4.47. The summed E-state index contributed by atoms with van der Waals surface area (Å²) in [6, 6.07) is 1.81. The minimum absolute atomic E-state index is 0.131. The number of aryl methyl sites for hydroxylation is 1. The van der Waals surface area contributed by atoms with E-state index >= 15 is 0 Å². The molecule has 1 saturated heterocycles. The Morgan fingerprint density at radius 2 is 2.29 bits per heavy atom. The maximum absolute atomic E-state index is 11.4.